The lowest BCUT2D eigenvalue weighted by Crippen LogP contribution is -2.48. The first-order valence-corrected chi connectivity index (χ1v) is 6.85. The van der Waals surface area contributed by atoms with Gasteiger partial charge in [-0.1, -0.05) is 0 Å². The largest absolute Gasteiger partial charge is 0.374 e. The monoisotopic (exact) mass is 247 g/mol. The molecule has 1 aliphatic carbocycles. The fraction of sp³-hybridized carbons (Fsp3) is 0.643. The lowest BCUT2D eigenvalue weighted by atomic mass is 10.1. The van der Waals surface area contributed by atoms with Crippen LogP contribution in [0.5, 0.6) is 0 Å². The highest BCUT2D eigenvalue weighted by Crippen LogP contribution is 2.32. The van der Waals surface area contributed by atoms with Gasteiger partial charge in [0.1, 0.15) is 0 Å². The summed E-state index contributed by atoms with van der Waals surface area (Å²) in [5, 5.41) is 0. The molecule has 98 valence electrons. The molecule has 2 N–H and O–H groups in total. The van der Waals surface area contributed by atoms with E-state index in [0.717, 1.165) is 18.8 Å². The van der Waals surface area contributed by atoms with Crippen molar-refractivity contribution in [1.82, 2.24) is 4.98 Å². The molecule has 2 aliphatic rings. The van der Waals surface area contributed by atoms with Crippen molar-refractivity contribution in [3.63, 3.8) is 0 Å². The first kappa shape index (κ1) is 11.9. The van der Waals surface area contributed by atoms with Gasteiger partial charge in [0.15, 0.2) is 0 Å². The van der Waals surface area contributed by atoms with Crippen molar-refractivity contribution in [3.05, 3.63) is 24.0 Å². The molecular formula is C14H21N3O. The van der Waals surface area contributed by atoms with Gasteiger partial charge in [0.2, 0.25) is 0 Å². The molecule has 3 rings (SSSR count). The quantitative estimate of drug-likeness (QED) is 0.866. The number of ether oxygens (including phenoxy) is 1. The molecule has 2 unspecified atom stereocenters. The second-order valence-electron chi connectivity index (χ2n) is 5.33. The first-order chi connectivity index (χ1) is 8.75. The predicted molar refractivity (Wildman–Crippen MR) is 71.6 cm³/mol. The molecule has 2 fully saturated rings. The highest BCUT2D eigenvalue weighted by Gasteiger charge is 2.36. The van der Waals surface area contributed by atoms with Crippen molar-refractivity contribution in [2.75, 3.05) is 18.1 Å². The molecule has 18 heavy (non-hydrogen) atoms. The minimum absolute atomic E-state index is 0.00275. The van der Waals surface area contributed by atoms with Gasteiger partial charge in [-0.2, -0.15) is 0 Å². The van der Waals surface area contributed by atoms with E-state index in [1.54, 1.807) is 0 Å². The van der Waals surface area contributed by atoms with Crippen LogP contribution in [-0.4, -0.2) is 30.3 Å². The minimum Gasteiger partial charge on any atom is -0.374 e. The zero-order valence-electron chi connectivity index (χ0n) is 10.9. The summed E-state index contributed by atoms with van der Waals surface area (Å²) in [4.78, 5) is 6.92. The first-order valence-electron chi connectivity index (χ1n) is 6.85. The van der Waals surface area contributed by atoms with Crippen molar-refractivity contribution in [3.8, 4) is 0 Å². The van der Waals surface area contributed by atoms with E-state index in [2.05, 4.69) is 16.0 Å². The molecule has 4 heteroatoms. The molecule has 1 aromatic rings. The lowest BCUT2D eigenvalue weighted by Gasteiger charge is -2.39. The number of nitrogens with two attached hydrogens (primary N) is 1. The van der Waals surface area contributed by atoms with Gasteiger partial charge >= 0.3 is 0 Å². The van der Waals surface area contributed by atoms with Gasteiger partial charge in [0.25, 0.3) is 0 Å². The molecule has 0 amide bonds. The topological polar surface area (TPSA) is 51.4 Å². The number of pyridine rings is 1. The number of aromatic nitrogens is 1. The molecule has 0 radical (unpaired) electrons. The number of rotatable bonds is 2. The summed E-state index contributed by atoms with van der Waals surface area (Å²) < 4.78 is 5.83. The highest BCUT2D eigenvalue weighted by atomic mass is 16.5. The number of nitrogens with zero attached hydrogens (tertiary/aromatic N) is 2. The Labute approximate surface area is 108 Å². The average molecular weight is 247 g/mol. The Kier molecular flexibility index (Phi) is 3.22. The number of hydrogen-bond donors (Lipinski definition) is 1. The van der Waals surface area contributed by atoms with E-state index in [-0.39, 0.29) is 6.04 Å². The fourth-order valence-electron chi connectivity index (χ4n) is 3.08. The van der Waals surface area contributed by atoms with E-state index in [1.807, 2.05) is 19.2 Å². The average Bonchev–Trinajstić information content (AvgIpc) is 2.87. The van der Waals surface area contributed by atoms with Crippen molar-refractivity contribution in [2.24, 2.45) is 5.73 Å². The highest BCUT2D eigenvalue weighted by molar-refractivity contribution is 5.47. The fourth-order valence-corrected chi connectivity index (χ4v) is 3.08. The van der Waals surface area contributed by atoms with Crippen LogP contribution in [0, 0.1) is 0 Å². The van der Waals surface area contributed by atoms with Crippen LogP contribution in [0.2, 0.25) is 0 Å². The molecule has 1 saturated heterocycles. The molecule has 4 nitrogen and oxygen atoms in total. The van der Waals surface area contributed by atoms with Gasteiger partial charge in [-0.25, -0.2) is 0 Å². The molecule has 0 aromatic carbocycles. The molecule has 0 spiro atoms. The smallest absolute Gasteiger partial charge is 0.0779 e. The summed E-state index contributed by atoms with van der Waals surface area (Å²) in [7, 11) is 0. The maximum atomic E-state index is 5.83. The van der Waals surface area contributed by atoms with Crippen molar-refractivity contribution < 1.29 is 4.74 Å². The van der Waals surface area contributed by atoms with Gasteiger partial charge in [-0.3, -0.25) is 4.98 Å². The molecule has 3 atom stereocenters. The Morgan fingerprint density at radius 2 is 2.33 bits per heavy atom. The van der Waals surface area contributed by atoms with Crippen LogP contribution in [0.1, 0.15) is 37.9 Å². The normalized spacial score (nSPS) is 29.1. The summed E-state index contributed by atoms with van der Waals surface area (Å²) in [6.07, 6.45) is 6.09. The van der Waals surface area contributed by atoms with Crippen molar-refractivity contribution in [2.45, 2.75) is 44.4 Å². The third-order valence-electron chi connectivity index (χ3n) is 4.05. The summed E-state index contributed by atoms with van der Waals surface area (Å²) >= 11 is 0. The van der Waals surface area contributed by atoms with E-state index in [4.69, 9.17) is 10.5 Å². The number of morpholine rings is 1. The summed E-state index contributed by atoms with van der Waals surface area (Å²) in [6.45, 7) is 3.76. The third-order valence-corrected chi connectivity index (χ3v) is 4.05. The summed E-state index contributed by atoms with van der Waals surface area (Å²) in [5.41, 5.74) is 7.99. The molecular weight excluding hydrogens is 226 g/mol. The Morgan fingerprint density at radius 1 is 1.44 bits per heavy atom. The van der Waals surface area contributed by atoms with Gasteiger partial charge in [-0.05, 0) is 38.3 Å². The van der Waals surface area contributed by atoms with Crippen molar-refractivity contribution in [1.29, 1.82) is 0 Å². The number of hydrogen-bond acceptors (Lipinski definition) is 4. The summed E-state index contributed by atoms with van der Waals surface area (Å²) in [6, 6.07) is 4.73. The van der Waals surface area contributed by atoms with Crippen LogP contribution >= 0.6 is 0 Å². The zero-order valence-corrected chi connectivity index (χ0v) is 10.9. The third kappa shape index (κ3) is 2.10. The van der Waals surface area contributed by atoms with E-state index >= 15 is 0 Å². The van der Waals surface area contributed by atoms with Crippen LogP contribution in [0.15, 0.2) is 18.3 Å². The SMILES string of the molecule is C[C@@H](N)c1ccc(N2CCOC3CCCC32)cn1. The zero-order chi connectivity index (χ0) is 12.5. The predicted octanol–water partition coefficient (Wildman–Crippen LogP) is 1.86. The second kappa shape index (κ2) is 4.86. The lowest BCUT2D eigenvalue weighted by molar-refractivity contribution is 0.0256. The van der Waals surface area contributed by atoms with Gasteiger partial charge < -0.3 is 15.4 Å². The van der Waals surface area contributed by atoms with Crippen LogP contribution in [0.3, 0.4) is 0 Å². The summed E-state index contributed by atoms with van der Waals surface area (Å²) in [5.74, 6) is 0. The number of anilines is 1. The van der Waals surface area contributed by atoms with Crippen LogP contribution in [0.25, 0.3) is 0 Å². The van der Waals surface area contributed by atoms with Crippen LogP contribution in [0.4, 0.5) is 5.69 Å². The van der Waals surface area contributed by atoms with Crippen molar-refractivity contribution >= 4 is 5.69 Å². The maximum absolute atomic E-state index is 5.83. The van der Waals surface area contributed by atoms with E-state index in [9.17, 15) is 0 Å². The minimum atomic E-state index is 0.00275. The Bertz CT molecular complexity index is 404. The van der Waals surface area contributed by atoms with Gasteiger partial charge in [0, 0.05) is 12.6 Å². The standard InChI is InChI=1S/C14H21N3O/c1-10(15)12-6-5-11(9-16-12)17-7-8-18-14-4-2-3-13(14)17/h5-6,9-10,13-14H,2-4,7-8,15H2,1H3/t10-,13?,14?/m1/s1. The van der Waals surface area contributed by atoms with E-state index in [1.165, 1.54) is 24.9 Å². The van der Waals surface area contributed by atoms with Gasteiger partial charge in [-0.15, -0.1) is 0 Å². The van der Waals surface area contributed by atoms with E-state index < -0.39 is 0 Å². The second-order valence-corrected chi connectivity index (χ2v) is 5.33. The Hall–Kier alpha value is -1.13. The Balaban J connectivity index is 1.80. The molecule has 2 heterocycles. The number of fused-ring (bicyclic) bond motifs is 1. The molecule has 1 aliphatic heterocycles. The Morgan fingerprint density at radius 3 is 3.06 bits per heavy atom. The molecule has 1 saturated carbocycles. The van der Waals surface area contributed by atoms with Crippen LogP contribution < -0.4 is 10.6 Å². The maximum Gasteiger partial charge on any atom is 0.0779 e. The molecule has 0 bridgehead atoms. The van der Waals surface area contributed by atoms with Gasteiger partial charge in [0.05, 0.1) is 36.3 Å². The molecule has 1 aromatic heterocycles. The van der Waals surface area contributed by atoms with Crippen LogP contribution in [-0.2, 0) is 4.74 Å². The van der Waals surface area contributed by atoms with E-state index in [0.29, 0.717) is 12.1 Å².